The van der Waals surface area contributed by atoms with Gasteiger partial charge in [0.05, 0.1) is 13.2 Å². The summed E-state index contributed by atoms with van der Waals surface area (Å²) < 4.78 is 4.95. The summed E-state index contributed by atoms with van der Waals surface area (Å²) >= 11 is 0. The molecule has 0 aliphatic heterocycles. The highest BCUT2D eigenvalue weighted by Crippen LogP contribution is 2.06. The zero-order valence-corrected chi connectivity index (χ0v) is 10.3. The first-order chi connectivity index (χ1) is 8.17. The molecule has 94 valence electrons. The number of carbonyl (C=O) groups is 1. The van der Waals surface area contributed by atoms with Gasteiger partial charge in [0.1, 0.15) is 0 Å². The van der Waals surface area contributed by atoms with E-state index in [1.54, 1.807) is 19.4 Å². The molecule has 0 aliphatic rings. The second-order valence-corrected chi connectivity index (χ2v) is 3.82. The van der Waals surface area contributed by atoms with E-state index in [1.165, 1.54) is 0 Å². The van der Waals surface area contributed by atoms with Gasteiger partial charge in [-0.1, -0.05) is 19.4 Å². The summed E-state index contributed by atoms with van der Waals surface area (Å²) in [5, 5.41) is 2.78. The van der Waals surface area contributed by atoms with Gasteiger partial charge >= 0.3 is 0 Å². The number of hydrogen-bond acceptors (Lipinski definition) is 4. The van der Waals surface area contributed by atoms with Crippen LogP contribution in [0, 0.1) is 0 Å². The fourth-order valence-electron chi connectivity index (χ4n) is 1.40. The smallest absolute Gasteiger partial charge is 0.237 e. The lowest BCUT2D eigenvalue weighted by molar-refractivity contribution is -0.122. The predicted molar refractivity (Wildman–Crippen MR) is 65.5 cm³/mol. The minimum Gasteiger partial charge on any atom is -0.481 e. The van der Waals surface area contributed by atoms with Gasteiger partial charge in [0.2, 0.25) is 11.8 Å². The summed E-state index contributed by atoms with van der Waals surface area (Å²) in [7, 11) is 1.56. The van der Waals surface area contributed by atoms with E-state index in [1.807, 2.05) is 13.0 Å². The van der Waals surface area contributed by atoms with Crippen molar-refractivity contribution < 1.29 is 9.53 Å². The van der Waals surface area contributed by atoms with Crippen LogP contribution in [0.2, 0.25) is 0 Å². The minimum atomic E-state index is -0.425. The number of carbonyl (C=O) groups excluding carboxylic acids is 1. The van der Waals surface area contributed by atoms with Crippen LogP contribution in [-0.2, 0) is 11.3 Å². The summed E-state index contributed by atoms with van der Waals surface area (Å²) in [4.78, 5) is 15.6. The number of aromatic nitrogens is 1. The van der Waals surface area contributed by atoms with Crippen LogP contribution in [0.25, 0.3) is 0 Å². The lowest BCUT2D eigenvalue weighted by Crippen LogP contribution is -2.40. The van der Waals surface area contributed by atoms with Crippen molar-refractivity contribution >= 4 is 5.91 Å². The third-order valence-corrected chi connectivity index (χ3v) is 2.41. The highest BCUT2D eigenvalue weighted by Gasteiger charge is 2.11. The lowest BCUT2D eigenvalue weighted by atomic mass is 10.1. The Morgan fingerprint density at radius 2 is 2.35 bits per heavy atom. The second-order valence-electron chi connectivity index (χ2n) is 3.82. The molecule has 0 spiro atoms. The van der Waals surface area contributed by atoms with Gasteiger partial charge in [0.15, 0.2) is 0 Å². The molecule has 1 rings (SSSR count). The normalized spacial score (nSPS) is 11.9. The lowest BCUT2D eigenvalue weighted by Gasteiger charge is -2.11. The van der Waals surface area contributed by atoms with Crippen molar-refractivity contribution in [2.75, 3.05) is 7.11 Å². The Hall–Kier alpha value is -1.62. The molecule has 1 heterocycles. The van der Waals surface area contributed by atoms with E-state index in [9.17, 15) is 4.79 Å². The Bertz CT molecular complexity index is 351. The summed E-state index contributed by atoms with van der Waals surface area (Å²) in [5.74, 6) is 0.436. The van der Waals surface area contributed by atoms with E-state index in [-0.39, 0.29) is 5.91 Å². The molecule has 0 unspecified atom stereocenters. The van der Waals surface area contributed by atoms with Crippen LogP contribution < -0.4 is 15.8 Å². The topological polar surface area (TPSA) is 77.2 Å². The molecule has 1 atom stereocenters. The van der Waals surface area contributed by atoms with Crippen LogP contribution in [-0.4, -0.2) is 24.0 Å². The Labute approximate surface area is 101 Å². The number of nitrogens with zero attached hydrogens (tertiary/aromatic N) is 1. The number of rotatable bonds is 6. The zero-order chi connectivity index (χ0) is 12.7. The molecule has 0 saturated carbocycles. The molecule has 1 amide bonds. The monoisotopic (exact) mass is 237 g/mol. The number of amides is 1. The summed E-state index contributed by atoms with van der Waals surface area (Å²) in [6.45, 7) is 2.44. The summed E-state index contributed by atoms with van der Waals surface area (Å²) in [5.41, 5.74) is 6.61. The van der Waals surface area contributed by atoms with Gasteiger partial charge in [-0.05, 0) is 12.0 Å². The van der Waals surface area contributed by atoms with Crippen LogP contribution in [0.5, 0.6) is 5.88 Å². The number of hydrogen-bond donors (Lipinski definition) is 2. The average Bonchev–Trinajstić information content (AvgIpc) is 2.36. The van der Waals surface area contributed by atoms with E-state index in [2.05, 4.69) is 10.3 Å². The standard InChI is InChI=1S/C12H19N3O2/c1-3-4-10(13)12(16)15-8-9-5-6-11(17-2)14-7-9/h5-7,10H,3-4,8,13H2,1-2H3,(H,15,16)/t10-/m0/s1. The minimum absolute atomic E-state index is 0.123. The molecule has 0 saturated heterocycles. The Balaban J connectivity index is 2.41. The first-order valence-corrected chi connectivity index (χ1v) is 5.69. The SMILES string of the molecule is CCC[C@H](N)C(=O)NCc1ccc(OC)nc1. The van der Waals surface area contributed by atoms with Crippen molar-refractivity contribution in [3.8, 4) is 5.88 Å². The quantitative estimate of drug-likeness (QED) is 0.768. The van der Waals surface area contributed by atoms with E-state index in [0.29, 0.717) is 18.8 Å². The van der Waals surface area contributed by atoms with Crippen LogP contribution >= 0.6 is 0 Å². The number of ether oxygens (including phenoxy) is 1. The van der Waals surface area contributed by atoms with Crippen LogP contribution in [0.1, 0.15) is 25.3 Å². The molecular formula is C12H19N3O2. The summed E-state index contributed by atoms with van der Waals surface area (Å²) in [6, 6.07) is 3.19. The average molecular weight is 237 g/mol. The number of pyridine rings is 1. The van der Waals surface area contributed by atoms with Crippen LogP contribution in [0.15, 0.2) is 18.3 Å². The van der Waals surface area contributed by atoms with Crippen molar-refractivity contribution in [1.29, 1.82) is 0 Å². The van der Waals surface area contributed by atoms with Crippen LogP contribution in [0.4, 0.5) is 0 Å². The zero-order valence-electron chi connectivity index (χ0n) is 10.3. The Morgan fingerprint density at radius 3 is 2.88 bits per heavy atom. The molecule has 3 N–H and O–H groups in total. The van der Waals surface area contributed by atoms with Crippen molar-refractivity contribution in [2.45, 2.75) is 32.4 Å². The maximum absolute atomic E-state index is 11.5. The van der Waals surface area contributed by atoms with Gasteiger partial charge in [-0.3, -0.25) is 4.79 Å². The van der Waals surface area contributed by atoms with Crippen molar-refractivity contribution in [2.24, 2.45) is 5.73 Å². The van der Waals surface area contributed by atoms with Gasteiger partial charge in [0.25, 0.3) is 0 Å². The molecule has 0 aliphatic carbocycles. The first kappa shape index (κ1) is 13.4. The maximum Gasteiger partial charge on any atom is 0.237 e. The van der Waals surface area contributed by atoms with Crippen molar-refractivity contribution in [3.63, 3.8) is 0 Å². The highest BCUT2D eigenvalue weighted by molar-refractivity contribution is 5.81. The molecule has 5 nitrogen and oxygen atoms in total. The number of nitrogens with one attached hydrogen (secondary N) is 1. The predicted octanol–water partition coefficient (Wildman–Crippen LogP) is 0.834. The fourth-order valence-corrected chi connectivity index (χ4v) is 1.40. The van der Waals surface area contributed by atoms with Crippen molar-refractivity contribution in [3.05, 3.63) is 23.9 Å². The molecule has 5 heteroatoms. The van der Waals surface area contributed by atoms with E-state index in [4.69, 9.17) is 10.5 Å². The van der Waals surface area contributed by atoms with E-state index >= 15 is 0 Å². The maximum atomic E-state index is 11.5. The molecular weight excluding hydrogens is 218 g/mol. The molecule has 0 radical (unpaired) electrons. The first-order valence-electron chi connectivity index (χ1n) is 5.69. The third-order valence-electron chi connectivity index (χ3n) is 2.41. The van der Waals surface area contributed by atoms with Crippen LogP contribution in [0.3, 0.4) is 0 Å². The van der Waals surface area contributed by atoms with E-state index < -0.39 is 6.04 Å². The van der Waals surface area contributed by atoms with Gasteiger partial charge in [-0.15, -0.1) is 0 Å². The van der Waals surface area contributed by atoms with Gasteiger partial charge < -0.3 is 15.8 Å². The van der Waals surface area contributed by atoms with Gasteiger partial charge in [-0.25, -0.2) is 4.98 Å². The molecule has 1 aromatic rings. The second kappa shape index (κ2) is 6.85. The highest BCUT2D eigenvalue weighted by atomic mass is 16.5. The Morgan fingerprint density at radius 1 is 1.59 bits per heavy atom. The van der Waals surface area contributed by atoms with Gasteiger partial charge in [0, 0.05) is 18.8 Å². The largest absolute Gasteiger partial charge is 0.481 e. The molecule has 0 aromatic carbocycles. The van der Waals surface area contributed by atoms with E-state index in [0.717, 1.165) is 12.0 Å². The molecule has 1 aromatic heterocycles. The fraction of sp³-hybridized carbons (Fsp3) is 0.500. The Kier molecular flexibility index (Phi) is 5.42. The molecule has 0 bridgehead atoms. The molecule has 0 fully saturated rings. The van der Waals surface area contributed by atoms with Crippen molar-refractivity contribution in [1.82, 2.24) is 10.3 Å². The molecule has 17 heavy (non-hydrogen) atoms. The number of nitrogens with two attached hydrogens (primary N) is 1. The third kappa shape index (κ3) is 4.40. The van der Waals surface area contributed by atoms with Gasteiger partial charge in [-0.2, -0.15) is 0 Å². The summed E-state index contributed by atoms with van der Waals surface area (Å²) in [6.07, 6.45) is 3.27. The number of methoxy groups -OCH3 is 1.